The van der Waals surface area contributed by atoms with Gasteiger partial charge in [-0.15, -0.1) is 0 Å². The molecule has 0 spiro atoms. The van der Waals surface area contributed by atoms with Crippen molar-refractivity contribution in [2.75, 3.05) is 19.8 Å². The fourth-order valence-corrected chi connectivity index (χ4v) is 1.36. The van der Waals surface area contributed by atoms with Gasteiger partial charge in [-0.2, -0.15) is 26.3 Å². The highest BCUT2D eigenvalue weighted by molar-refractivity contribution is 5.75. The lowest BCUT2D eigenvalue weighted by Crippen LogP contribution is -2.41. The van der Waals surface area contributed by atoms with Gasteiger partial charge in [0.05, 0.1) is 25.7 Å². The van der Waals surface area contributed by atoms with Crippen molar-refractivity contribution in [1.82, 2.24) is 0 Å². The van der Waals surface area contributed by atoms with Crippen LogP contribution < -0.4 is 0 Å². The fraction of sp³-hybridized carbons (Fsp3) is 0.923. The normalized spacial score (nSPS) is 14.1. The Morgan fingerprint density at radius 3 is 1.96 bits per heavy atom. The van der Waals surface area contributed by atoms with Crippen LogP contribution in [0.25, 0.3) is 0 Å². The first kappa shape index (κ1) is 22.0. The maximum atomic E-state index is 12.6. The molecule has 138 valence electrons. The van der Waals surface area contributed by atoms with Crippen LogP contribution in [-0.2, 0) is 19.0 Å². The average molecular weight is 354 g/mol. The molecule has 10 heteroatoms. The largest absolute Gasteiger partial charge is 0.464 e. The number of carbonyl (C=O) groups excluding carboxylic acids is 1. The molecular weight excluding hydrogens is 334 g/mol. The zero-order valence-corrected chi connectivity index (χ0v) is 12.8. The van der Waals surface area contributed by atoms with Crippen LogP contribution in [0.1, 0.15) is 33.1 Å². The van der Waals surface area contributed by atoms with Gasteiger partial charge in [-0.1, -0.05) is 0 Å². The highest BCUT2D eigenvalue weighted by Crippen LogP contribution is 2.26. The molecule has 0 N–H and O–H groups in total. The summed E-state index contributed by atoms with van der Waals surface area (Å²) in [6.07, 6.45) is -13.7. The van der Waals surface area contributed by atoms with Crippen LogP contribution in [0.4, 0.5) is 26.3 Å². The minimum Gasteiger partial charge on any atom is -0.464 e. The van der Waals surface area contributed by atoms with Gasteiger partial charge in [-0.25, -0.2) is 4.79 Å². The van der Waals surface area contributed by atoms with E-state index in [1.165, 1.54) is 0 Å². The standard InChI is InChI=1S/C13H20F6O4/c1-9(2)21-6-3-4-7-23-11(20)10(13(17,18)19)22-8-5-12(14,15)16/h9-10H,3-8H2,1-2H3. The molecule has 0 aromatic heterocycles. The van der Waals surface area contributed by atoms with E-state index in [1.807, 2.05) is 13.8 Å². The molecule has 0 aliphatic heterocycles. The number of halogens is 6. The third-order valence-corrected chi connectivity index (χ3v) is 2.42. The molecule has 0 aliphatic carbocycles. The Kier molecular flexibility index (Phi) is 9.52. The summed E-state index contributed by atoms with van der Waals surface area (Å²) in [6.45, 7) is 2.42. The molecule has 0 aliphatic rings. The van der Waals surface area contributed by atoms with Gasteiger partial charge in [0, 0.05) is 6.61 Å². The smallest absolute Gasteiger partial charge is 0.425 e. The van der Waals surface area contributed by atoms with E-state index in [0.29, 0.717) is 13.0 Å². The number of hydrogen-bond acceptors (Lipinski definition) is 4. The highest BCUT2D eigenvalue weighted by atomic mass is 19.4. The maximum Gasteiger partial charge on any atom is 0.425 e. The molecule has 4 nitrogen and oxygen atoms in total. The summed E-state index contributed by atoms with van der Waals surface area (Å²) in [5.41, 5.74) is 0. The SMILES string of the molecule is CC(C)OCCCCOC(=O)C(OCCC(F)(F)F)C(F)(F)F. The Hall–Kier alpha value is -1.03. The number of hydrogen-bond donors (Lipinski definition) is 0. The molecule has 0 radical (unpaired) electrons. The van der Waals surface area contributed by atoms with E-state index >= 15 is 0 Å². The summed E-state index contributed by atoms with van der Waals surface area (Å²) in [6, 6.07) is 0. The molecule has 0 saturated carbocycles. The molecular formula is C13H20F6O4. The van der Waals surface area contributed by atoms with Crippen LogP contribution in [0.3, 0.4) is 0 Å². The lowest BCUT2D eigenvalue weighted by atomic mass is 10.3. The summed E-state index contributed by atoms with van der Waals surface area (Å²) in [7, 11) is 0. The number of ether oxygens (including phenoxy) is 3. The minimum atomic E-state index is -5.14. The van der Waals surface area contributed by atoms with Gasteiger partial charge in [0.2, 0.25) is 0 Å². The Bertz CT molecular complexity index is 340. The van der Waals surface area contributed by atoms with Crippen LogP contribution in [-0.4, -0.2) is 50.4 Å². The van der Waals surface area contributed by atoms with Crippen LogP contribution >= 0.6 is 0 Å². The monoisotopic (exact) mass is 354 g/mol. The van der Waals surface area contributed by atoms with Crippen molar-refractivity contribution in [3.05, 3.63) is 0 Å². The minimum absolute atomic E-state index is 0.00851. The van der Waals surface area contributed by atoms with E-state index in [-0.39, 0.29) is 19.1 Å². The van der Waals surface area contributed by atoms with Gasteiger partial charge in [0.1, 0.15) is 0 Å². The summed E-state index contributed by atoms with van der Waals surface area (Å²) in [4.78, 5) is 11.3. The van der Waals surface area contributed by atoms with Crippen molar-refractivity contribution < 1.29 is 45.3 Å². The summed E-state index contributed by atoms with van der Waals surface area (Å²) < 4.78 is 87.0. The number of rotatable bonds is 10. The second kappa shape index (κ2) is 9.96. The molecule has 0 bridgehead atoms. The third-order valence-electron chi connectivity index (χ3n) is 2.42. The molecule has 1 atom stereocenters. The zero-order valence-electron chi connectivity index (χ0n) is 12.8. The average Bonchev–Trinajstić information content (AvgIpc) is 2.35. The van der Waals surface area contributed by atoms with E-state index in [4.69, 9.17) is 4.74 Å². The molecule has 0 rings (SSSR count). The van der Waals surface area contributed by atoms with Crippen molar-refractivity contribution in [3.8, 4) is 0 Å². The van der Waals surface area contributed by atoms with Crippen molar-refractivity contribution in [1.29, 1.82) is 0 Å². The quantitative estimate of drug-likeness (QED) is 0.341. The van der Waals surface area contributed by atoms with E-state index < -0.39 is 37.5 Å². The van der Waals surface area contributed by atoms with Crippen LogP contribution in [0.15, 0.2) is 0 Å². The van der Waals surface area contributed by atoms with Crippen molar-refractivity contribution in [3.63, 3.8) is 0 Å². The van der Waals surface area contributed by atoms with Gasteiger partial charge >= 0.3 is 18.3 Å². The third kappa shape index (κ3) is 12.1. The predicted octanol–water partition coefficient (Wildman–Crippen LogP) is 3.63. The second-order valence-corrected chi connectivity index (χ2v) is 4.95. The number of carbonyl (C=O) groups is 1. The Morgan fingerprint density at radius 2 is 1.48 bits per heavy atom. The number of alkyl halides is 6. The maximum absolute atomic E-state index is 12.6. The first-order chi connectivity index (χ1) is 10.4. The number of unbranched alkanes of at least 4 members (excludes halogenated alkanes) is 1. The van der Waals surface area contributed by atoms with E-state index in [1.54, 1.807) is 0 Å². The van der Waals surface area contributed by atoms with Gasteiger partial charge in [0.15, 0.2) is 0 Å². The Morgan fingerprint density at radius 1 is 0.913 bits per heavy atom. The highest BCUT2D eigenvalue weighted by Gasteiger charge is 2.47. The van der Waals surface area contributed by atoms with E-state index in [2.05, 4.69) is 9.47 Å². The van der Waals surface area contributed by atoms with E-state index in [9.17, 15) is 31.1 Å². The van der Waals surface area contributed by atoms with Gasteiger partial charge in [-0.3, -0.25) is 0 Å². The molecule has 0 aromatic rings. The molecule has 0 aromatic carbocycles. The molecule has 0 heterocycles. The number of esters is 1. The summed E-state index contributed by atoms with van der Waals surface area (Å²) in [5.74, 6) is -1.75. The molecule has 23 heavy (non-hydrogen) atoms. The first-order valence-corrected chi connectivity index (χ1v) is 6.97. The molecule has 0 amide bonds. The van der Waals surface area contributed by atoms with Crippen molar-refractivity contribution in [2.24, 2.45) is 0 Å². The summed E-state index contributed by atoms with van der Waals surface area (Å²) in [5, 5.41) is 0. The van der Waals surface area contributed by atoms with Gasteiger partial charge in [0.25, 0.3) is 6.10 Å². The Balaban J connectivity index is 4.17. The molecule has 0 saturated heterocycles. The lowest BCUT2D eigenvalue weighted by molar-refractivity contribution is -0.236. The van der Waals surface area contributed by atoms with Crippen LogP contribution in [0, 0.1) is 0 Å². The topological polar surface area (TPSA) is 44.8 Å². The first-order valence-electron chi connectivity index (χ1n) is 6.97. The lowest BCUT2D eigenvalue weighted by Gasteiger charge is -2.19. The zero-order chi connectivity index (χ0) is 18.1. The van der Waals surface area contributed by atoms with Gasteiger partial charge in [-0.05, 0) is 26.7 Å². The second-order valence-electron chi connectivity index (χ2n) is 4.95. The van der Waals surface area contributed by atoms with Crippen molar-refractivity contribution >= 4 is 5.97 Å². The summed E-state index contributed by atoms with van der Waals surface area (Å²) >= 11 is 0. The van der Waals surface area contributed by atoms with Gasteiger partial charge < -0.3 is 14.2 Å². The molecule has 0 fully saturated rings. The Labute approximate surface area is 130 Å². The van der Waals surface area contributed by atoms with E-state index in [0.717, 1.165) is 0 Å². The van der Waals surface area contributed by atoms with Crippen molar-refractivity contribution in [2.45, 2.75) is 57.7 Å². The van der Waals surface area contributed by atoms with Crippen LogP contribution in [0.5, 0.6) is 0 Å². The molecule has 1 unspecified atom stereocenters. The predicted molar refractivity (Wildman–Crippen MR) is 67.7 cm³/mol. The fourth-order valence-electron chi connectivity index (χ4n) is 1.36. The van der Waals surface area contributed by atoms with Crippen LogP contribution in [0.2, 0.25) is 0 Å².